The molecule has 5 nitrogen and oxygen atoms in total. The van der Waals surface area contributed by atoms with Gasteiger partial charge in [0.1, 0.15) is 0 Å². The van der Waals surface area contributed by atoms with Crippen LogP contribution >= 0.6 is 12.2 Å². The number of nitrogens with zero attached hydrogens (tertiary/aromatic N) is 4. The van der Waals surface area contributed by atoms with Gasteiger partial charge in [0.05, 0.1) is 6.20 Å². The molecule has 0 unspecified atom stereocenters. The van der Waals surface area contributed by atoms with E-state index in [-0.39, 0.29) is 0 Å². The minimum absolute atomic E-state index is 0.916. The van der Waals surface area contributed by atoms with Crippen molar-refractivity contribution in [3.63, 3.8) is 0 Å². The Kier molecular flexibility index (Phi) is 5.79. The molecule has 1 aliphatic rings. The summed E-state index contributed by atoms with van der Waals surface area (Å²) in [6.45, 7) is 8.32. The summed E-state index contributed by atoms with van der Waals surface area (Å²) in [7, 11) is 1.96. The second-order valence-corrected chi connectivity index (χ2v) is 5.76. The molecule has 112 valence electrons. The Bertz CT molecular complexity index is 423. The maximum atomic E-state index is 5.44. The van der Waals surface area contributed by atoms with Crippen molar-refractivity contribution < 1.29 is 0 Å². The van der Waals surface area contributed by atoms with Crippen molar-refractivity contribution in [3.05, 3.63) is 18.0 Å². The molecule has 6 heteroatoms. The quantitative estimate of drug-likeness (QED) is 0.653. The zero-order valence-corrected chi connectivity index (χ0v) is 13.3. The highest BCUT2D eigenvalue weighted by Gasteiger charge is 2.18. The van der Waals surface area contributed by atoms with Crippen LogP contribution in [-0.4, -0.2) is 57.4 Å². The summed E-state index contributed by atoms with van der Waals surface area (Å²) < 4.78 is 1.86. The van der Waals surface area contributed by atoms with Gasteiger partial charge in [-0.1, -0.05) is 13.3 Å². The van der Waals surface area contributed by atoms with Gasteiger partial charge in [0.2, 0.25) is 0 Å². The van der Waals surface area contributed by atoms with E-state index in [1.54, 1.807) is 0 Å². The van der Waals surface area contributed by atoms with Crippen molar-refractivity contribution in [2.45, 2.75) is 26.3 Å². The number of piperazine rings is 1. The van der Waals surface area contributed by atoms with E-state index in [1.165, 1.54) is 18.4 Å². The fourth-order valence-electron chi connectivity index (χ4n) is 2.40. The molecule has 0 atom stereocenters. The van der Waals surface area contributed by atoms with Crippen LogP contribution in [0.2, 0.25) is 0 Å². The first-order valence-corrected chi connectivity index (χ1v) is 7.82. The van der Waals surface area contributed by atoms with Gasteiger partial charge in [0.25, 0.3) is 0 Å². The van der Waals surface area contributed by atoms with Crippen LogP contribution in [0.1, 0.15) is 25.3 Å². The average Bonchev–Trinajstić information content (AvgIpc) is 2.85. The number of rotatable bonds is 5. The van der Waals surface area contributed by atoms with Crippen molar-refractivity contribution in [3.8, 4) is 0 Å². The molecule has 0 bridgehead atoms. The second-order valence-electron chi connectivity index (χ2n) is 5.37. The SMILES string of the molecule is CCCCNC(=S)N1CCN(Cc2cnn(C)c2)CC1. The molecule has 0 aliphatic carbocycles. The Morgan fingerprint density at radius 3 is 2.70 bits per heavy atom. The molecule has 1 fully saturated rings. The second kappa shape index (κ2) is 7.59. The maximum Gasteiger partial charge on any atom is 0.169 e. The Balaban J connectivity index is 1.70. The molecule has 1 saturated heterocycles. The number of hydrogen-bond acceptors (Lipinski definition) is 3. The van der Waals surface area contributed by atoms with E-state index in [1.807, 2.05) is 17.9 Å². The van der Waals surface area contributed by atoms with Crippen LogP contribution in [0.5, 0.6) is 0 Å². The van der Waals surface area contributed by atoms with Gasteiger partial charge < -0.3 is 10.2 Å². The zero-order valence-electron chi connectivity index (χ0n) is 12.5. The minimum atomic E-state index is 0.916. The van der Waals surface area contributed by atoms with Crippen LogP contribution in [0.25, 0.3) is 0 Å². The fourth-order valence-corrected chi connectivity index (χ4v) is 2.69. The number of nitrogens with one attached hydrogen (secondary N) is 1. The summed E-state index contributed by atoms with van der Waals surface area (Å²) in [6.07, 6.45) is 6.42. The van der Waals surface area contributed by atoms with Gasteiger partial charge in [-0.3, -0.25) is 9.58 Å². The molecule has 0 saturated carbocycles. The summed E-state index contributed by atoms with van der Waals surface area (Å²) in [6, 6.07) is 0. The molecule has 2 heterocycles. The van der Waals surface area contributed by atoms with Crippen LogP contribution in [0.3, 0.4) is 0 Å². The predicted molar refractivity (Wildman–Crippen MR) is 85.6 cm³/mol. The van der Waals surface area contributed by atoms with Crippen molar-refractivity contribution in [2.24, 2.45) is 7.05 Å². The molecule has 0 aromatic carbocycles. The normalized spacial score (nSPS) is 16.4. The third-order valence-electron chi connectivity index (χ3n) is 3.63. The Morgan fingerprint density at radius 1 is 1.35 bits per heavy atom. The third kappa shape index (κ3) is 4.45. The predicted octanol–water partition coefficient (Wildman–Crippen LogP) is 1.21. The molecule has 2 rings (SSSR count). The molecular weight excluding hydrogens is 270 g/mol. The Labute approximate surface area is 126 Å². The van der Waals surface area contributed by atoms with Crippen LogP contribution in [0, 0.1) is 0 Å². The summed E-state index contributed by atoms with van der Waals surface area (Å²) >= 11 is 5.44. The van der Waals surface area contributed by atoms with E-state index in [2.05, 4.69) is 33.3 Å². The van der Waals surface area contributed by atoms with Crippen molar-refractivity contribution in [1.29, 1.82) is 0 Å². The van der Waals surface area contributed by atoms with Crippen molar-refractivity contribution in [2.75, 3.05) is 32.7 Å². The average molecular weight is 295 g/mol. The lowest BCUT2D eigenvalue weighted by atomic mass is 10.2. The fraction of sp³-hybridized carbons (Fsp3) is 0.714. The van der Waals surface area contributed by atoms with E-state index in [9.17, 15) is 0 Å². The maximum absolute atomic E-state index is 5.44. The van der Waals surface area contributed by atoms with Gasteiger partial charge in [-0.05, 0) is 18.6 Å². The van der Waals surface area contributed by atoms with Gasteiger partial charge >= 0.3 is 0 Å². The van der Waals surface area contributed by atoms with Crippen LogP contribution in [-0.2, 0) is 13.6 Å². The van der Waals surface area contributed by atoms with Crippen molar-refractivity contribution >= 4 is 17.3 Å². The molecule has 1 N–H and O–H groups in total. The Morgan fingerprint density at radius 2 is 2.10 bits per heavy atom. The zero-order chi connectivity index (χ0) is 14.4. The lowest BCUT2D eigenvalue weighted by molar-refractivity contribution is 0.174. The van der Waals surface area contributed by atoms with Gasteiger partial charge in [-0.2, -0.15) is 5.10 Å². The van der Waals surface area contributed by atoms with Crippen LogP contribution in [0.4, 0.5) is 0 Å². The minimum Gasteiger partial charge on any atom is -0.363 e. The molecule has 20 heavy (non-hydrogen) atoms. The van der Waals surface area contributed by atoms with Gasteiger partial charge in [0.15, 0.2) is 5.11 Å². The first-order chi connectivity index (χ1) is 9.69. The highest BCUT2D eigenvalue weighted by atomic mass is 32.1. The summed E-state index contributed by atoms with van der Waals surface area (Å²) in [5, 5.41) is 8.48. The summed E-state index contributed by atoms with van der Waals surface area (Å²) in [4.78, 5) is 4.74. The lowest BCUT2D eigenvalue weighted by Gasteiger charge is -2.36. The van der Waals surface area contributed by atoms with Crippen LogP contribution < -0.4 is 5.32 Å². The van der Waals surface area contributed by atoms with Gasteiger partial charge in [0, 0.05) is 58.1 Å². The Hall–Kier alpha value is -1.14. The number of aromatic nitrogens is 2. The van der Waals surface area contributed by atoms with E-state index in [0.717, 1.165) is 44.4 Å². The number of aryl methyl sites for hydroxylation is 1. The molecule has 1 aromatic rings. The molecule has 1 aromatic heterocycles. The van der Waals surface area contributed by atoms with E-state index in [0.29, 0.717) is 0 Å². The molecule has 0 radical (unpaired) electrons. The lowest BCUT2D eigenvalue weighted by Crippen LogP contribution is -2.51. The van der Waals surface area contributed by atoms with E-state index >= 15 is 0 Å². The molecular formula is C14H25N5S. The van der Waals surface area contributed by atoms with E-state index in [4.69, 9.17) is 12.2 Å². The highest BCUT2D eigenvalue weighted by molar-refractivity contribution is 7.80. The summed E-state index contributed by atoms with van der Waals surface area (Å²) in [5.41, 5.74) is 1.28. The first-order valence-electron chi connectivity index (χ1n) is 7.41. The topological polar surface area (TPSA) is 36.3 Å². The third-order valence-corrected chi connectivity index (χ3v) is 4.03. The van der Waals surface area contributed by atoms with Crippen LogP contribution in [0.15, 0.2) is 12.4 Å². The largest absolute Gasteiger partial charge is 0.363 e. The smallest absolute Gasteiger partial charge is 0.169 e. The number of hydrogen-bond donors (Lipinski definition) is 1. The van der Waals surface area contributed by atoms with Gasteiger partial charge in [-0.15, -0.1) is 0 Å². The summed E-state index contributed by atoms with van der Waals surface area (Å²) in [5.74, 6) is 0. The van der Waals surface area contributed by atoms with Crippen molar-refractivity contribution in [1.82, 2.24) is 24.9 Å². The number of unbranched alkanes of at least 4 members (excludes halogenated alkanes) is 1. The standard InChI is InChI=1S/C14H25N5S/c1-3-4-5-15-14(20)19-8-6-18(7-9-19)12-13-10-16-17(2)11-13/h10-11H,3-9,12H2,1-2H3,(H,15,20). The monoisotopic (exact) mass is 295 g/mol. The first kappa shape index (κ1) is 15.3. The molecule has 0 amide bonds. The molecule has 0 spiro atoms. The highest BCUT2D eigenvalue weighted by Crippen LogP contribution is 2.08. The molecule has 1 aliphatic heterocycles. The number of thiocarbonyl (C=S) groups is 1. The van der Waals surface area contributed by atoms with E-state index < -0.39 is 0 Å². The van der Waals surface area contributed by atoms with Gasteiger partial charge in [-0.25, -0.2) is 0 Å².